The van der Waals surface area contributed by atoms with Crippen molar-refractivity contribution in [3.8, 4) is 0 Å². The first-order chi connectivity index (χ1) is 9.16. The average Bonchev–Trinajstić information content (AvgIpc) is 3.02. The van der Waals surface area contributed by atoms with Gasteiger partial charge in [-0.15, -0.1) is 0 Å². The summed E-state index contributed by atoms with van der Waals surface area (Å²) in [6.07, 6.45) is 4.92. The third-order valence-electron chi connectivity index (χ3n) is 4.39. The number of carbonyl (C=O) groups is 1. The summed E-state index contributed by atoms with van der Waals surface area (Å²) in [5.41, 5.74) is 0.564. The van der Waals surface area contributed by atoms with Crippen molar-refractivity contribution in [3.05, 3.63) is 35.9 Å². The van der Waals surface area contributed by atoms with Gasteiger partial charge >= 0.3 is 0 Å². The number of carbonyl (C=O) groups excluding carboxylic acids is 1. The minimum atomic E-state index is -0.735. The van der Waals surface area contributed by atoms with Gasteiger partial charge in [-0.25, -0.2) is 0 Å². The number of aliphatic hydroxyl groups is 1. The Morgan fingerprint density at radius 1 is 1.26 bits per heavy atom. The molecule has 0 radical (unpaired) electrons. The Labute approximate surface area is 114 Å². The van der Waals surface area contributed by atoms with Crippen LogP contribution in [0.5, 0.6) is 0 Å². The van der Waals surface area contributed by atoms with Gasteiger partial charge in [0.25, 0.3) is 0 Å². The molecule has 0 aliphatic heterocycles. The quantitative estimate of drug-likeness (QED) is 0.872. The molecule has 0 aromatic heterocycles. The maximum absolute atomic E-state index is 12.0. The number of amides is 1. The number of benzene rings is 1. The lowest BCUT2D eigenvalue weighted by atomic mass is 9.97. The average molecular weight is 259 g/mol. The molecule has 2 N–H and O–H groups in total. The zero-order valence-corrected chi connectivity index (χ0v) is 11.1. The molecule has 3 heteroatoms. The van der Waals surface area contributed by atoms with E-state index < -0.39 is 5.60 Å². The van der Waals surface area contributed by atoms with Crippen LogP contribution in [0.3, 0.4) is 0 Å². The van der Waals surface area contributed by atoms with E-state index in [1.54, 1.807) is 0 Å². The van der Waals surface area contributed by atoms with Crippen LogP contribution < -0.4 is 5.32 Å². The predicted molar refractivity (Wildman–Crippen MR) is 73.8 cm³/mol. The standard InChI is InChI=1S/C16H21NO2/c18-15(11-16(19)8-4-5-9-16)17-14-10-13(14)12-6-2-1-3-7-12/h1-3,6-7,13-14,19H,4-5,8-11H2,(H,17,18). The summed E-state index contributed by atoms with van der Waals surface area (Å²) in [5.74, 6) is 0.469. The van der Waals surface area contributed by atoms with Crippen LogP contribution >= 0.6 is 0 Å². The Bertz CT molecular complexity index is 451. The molecule has 1 aromatic rings. The minimum Gasteiger partial charge on any atom is -0.389 e. The number of nitrogens with one attached hydrogen (secondary N) is 1. The molecule has 0 bridgehead atoms. The molecule has 0 spiro atoms. The summed E-state index contributed by atoms with van der Waals surface area (Å²) in [7, 11) is 0. The van der Waals surface area contributed by atoms with Crippen LogP contribution in [0, 0.1) is 0 Å². The van der Waals surface area contributed by atoms with Gasteiger partial charge in [0, 0.05) is 12.0 Å². The van der Waals surface area contributed by atoms with Crippen LogP contribution in [0.4, 0.5) is 0 Å². The highest BCUT2D eigenvalue weighted by Gasteiger charge is 2.41. The Kier molecular flexibility index (Phi) is 3.31. The van der Waals surface area contributed by atoms with Crippen LogP contribution in [0.1, 0.15) is 50.0 Å². The molecule has 2 aliphatic rings. The van der Waals surface area contributed by atoms with Crippen molar-refractivity contribution >= 4 is 5.91 Å². The molecule has 2 atom stereocenters. The molecule has 3 nitrogen and oxygen atoms in total. The van der Waals surface area contributed by atoms with Crippen LogP contribution in [-0.4, -0.2) is 22.7 Å². The second-order valence-corrected chi connectivity index (χ2v) is 6.04. The van der Waals surface area contributed by atoms with Gasteiger partial charge in [0.05, 0.1) is 12.0 Å². The van der Waals surface area contributed by atoms with Gasteiger partial charge in [0.1, 0.15) is 0 Å². The first-order valence-electron chi connectivity index (χ1n) is 7.23. The molecular weight excluding hydrogens is 238 g/mol. The molecule has 3 rings (SSSR count). The van der Waals surface area contributed by atoms with Crippen LogP contribution in [0.25, 0.3) is 0 Å². The van der Waals surface area contributed by atoms with E-state index in [0.717, 1.165) is 32.1 Å². The van der Waals surface area contributed by atoms with Crippen molar-refractivity contribution in [2.75, 3.05) is 0 Å². The van der Waals surface area contributed by atoms with Crippen molar-refractivity contribution < 1.29 is 9.90 Å². The predicted octanol–water partition coefficient (Wildman–Crippen LogP) is 2.35. The van der Waals surface area contributed by atoms with E-state index in [2.05, 4.69) is 17.4 Å². The van der Waals surface area contributed by atoms with Crippen molar-refractivity contribution in [2.45, 2.75) is 56.1 Å². The fraction of sp³-hybridized carbons (Fsp3) is 0.562. The normalized spacial score (nSPS) is 28.1. The fourth-order valence-corrected chi connectivity index (χ4v) is 3.19. The summed E-state index contributed by atoms with van der Waals surface area (Å²) in [6.45, 7) is 0. The van der Waals surface area contributed by atoms with E-state index in [-0.39, 0.29) is 18.4 Å². The van der Waals surface area contributed by atoms with Gasteiger partial charge in [0.15, 0.2) is 0 Å². The van der Waals surface area contributed by atoms with Crippen molar-refractivity contribution in [1.82, 2.24) is 5.32 Å². The van der Waals surface area contributed by atoms with E-state index in [1.807, 2.05) is 18.2 Å². The van der Waals surface area contributed by atoms with Gasteiger partial charge in [-0.2, -0.15) is 0 Å². The molecule has 102 valence electrons. The fourth-order valence-electron chi connectivity index (χ4n) is 3.19. The molecule has 2 aliphatic carbocycles. The lowest BCUT2D eigenvalue weighted by Crippen LogP contribution is -2.35. The largest absolute Gasteiger partial charge is 0.389 e. The van der Waals surface area contributed by atoms with Crippen molar-refractivity contribution in [3.63, 3.8) is 0 Å². The summed E-state index contributed by atoms with van der Waals surface area (Å²) in [5, 5.41) is 13.3. The second-order valence-electron chi connectivity index (χ2n) is 6.04. The molecule has 2 saturated carbocycles. The lowest BCUT2D eigenvalue weighted by molar-refractivity contribution is -0.126. The number of hydrogen-bond donors (Lipinski definition) is 2. The summed E-state index contributed by atoms with van der Waals surface area (Å²) >= 11 is 0. The monoisotopic (exact) mass is 259 g/mol. The SMILES string of the molecule is O=C(CC1(O)CCCC1)NC1CC1c1ccccc1. The Morgan fingerprint density at radius 3 is 2.63 bits per heavy atom. The first kappa shape index (κ1) is 12.7. The van der Waals surface area contributed by atoms with Crippen LogP contribution in [0.2, 0.25) is 0 Å². The van der Waals surface area contributed by atoms with E-state index in [0.29, 0.717) is 5.92 Å². The van der Waals surface area contributed by atoms with Crippen molar-refractivity contribution in [2.24, 2.45) is 0 Å². The zero-order chi connectivity index (χ0) is 13.3. The first-order valence-corrected chi connectivity index (χ1v) is 7.23. The lowest BCUT2D eigenvalue weighted by Gasteiger charge is -2.21. The smallest absolute Gasteiger partial charge is 0.223 e. The highest BCUT2D eigenvalue weighted by molar-refractivity contribution is 5.78. The van der Waals surface area contributed by atoms with E-state index >= 15 is 0 Å². The minimum absolute atomic E-state index is 0.00725. The third kappa shape index (κ3) is 2.98. The van der Waals surface area contributed by atoms with Gasteiger partial charge in [-0.1, -0.05) is 43.2 Å². The maximum Gasteiger partial charge on any atom is 0.223 e. The zero-order valence-electron chi connectivity index (χ0n) is 11.1. The Balaban J connectivity index is 1.49. The van der Waals surface area contributed by atoms with Crippen molar-refractivity contribution in [1.29, 1.82) is 0 Å². The maximum atomic E-state index is 12.0. The highest BCUT2D eigenvalue weighted by atomic mass is 16.3. The van der Waals surface area contributed by atoms with Gasteiger partial charge in [-0.3, -0.25) is 4.79 Å². The second kappa shape index (κ2) is 4.97. The molecule has 2 fully saturated rings. The van der Waals surface area contributed by atoms with Gasteiger partial charge < -0.3 is 10.4 Å². The molecule has 19 heavy (non-hydrogen) atoms. The molecular formula is C16H21NO2. The van der Waals surface area contributed by atoms with E-state index in [4.69, 9.17) is 0 Å². The summed E-state index contributed by atoms with van der Waals surface area (Å²) in [6, 6.07) is 10.6. The molecule has 0 saturated heterocycles. The topological polar surface area (TPSA) is 49.3 Å². The molecule has 2 unspecified atom stereocenters. The van der Waals surface area contributed by atoms with Gasteiger partial charge in [-0.05, 0) is 24.8 Å². The van der Waals surface area contributed by atoms with E-state index in [9.17, 15) is 9.90 Å². The summed E-state index contributed by atoms with van der Waals surface area (Å²) < 4.78 is 0. The molecule has 0 heterocycles. The Morgan fingerprint density at radius 2 is 1.95 bits per heavy atom. The Hall–Kier alpha value is -1.35. The van der Waals surface area contributed by atoms with Crippen LogP contribution in [0.15, 0.2) is 30.3 Å². The highest BCUT2D eigenvalue weighted by Crippen LogP contribution is 2.41. The molecule has 1 aromatic carbocycles. The molecule has 1 amide bonds. The van der Waals surface area contributed by atoms with Crippen LogP contribution in [-0.2, 0) is 4.79 Å². The third-order valence-corrected chi connectivity index (χ3v) is 4.39. The van der Waals surface area contributed by atoms with E-state index in [1.165, 1.54) is 5.56 Å². The summed E-state index contributed by atoms with van der Waals surface area (Å²) in [4.78, 5) is 12.0. The number of hydrogen-bond acceptors (Lipinski definition) is 2. The van der Waals surface area contributed by atoms with Gasteiger partial charge in [0.2, 0.25) is 5.91 Å². The number of rotatable bonds is 4.